The molecule has 0 spiro atoms. The van der Waals surface area contributed by atoms with Crippen LogP contribution in [0.25, 0.3) is 0 Å². The van der Waals surface area contributed by atoms with Crippen molar-refractivity contribution >= 4 is 16.5 Å². The van der Waals surface area contributed by atoms with Crippen LogP contribution in [0.4, 0.5) is 5.13 Å². The van der Waals surface area contributed by atoms with E-state index in [1.165, 1.54) is 0 Å². The second-order valence-electron chi connectivity index (χ2n) is 5.11. The highest BCUT2D eigenvalue weighted by atomic mass is 32.1. The summed E-state index contributed by atoms with van der Waals surface area (Å²) in [5.41, 5.74) is 1.03. The Labute approximate surface area is 135 Å². The quantitative estimate of drug-likeness (QED) is 0.813. The lowest BCUT2D eigenvalue weighted by atomic mass is 10.2. The van der Waals surface area contributed by atoms with E-state index in [2.05, 4.69) is 26.6 Å². The largest absolute Gasteiger partial charge is 0.497 e. The Hall–Kier alpha value is -2.03. The molecule has 0 saturated carbocycles. The van der Waals surface area contributed by atoms with Gasteiger partial charge in [0.1, 0.15) is 5.75 Å². The van der Waals surface area contributed by atoms with Gasteiger partial charge in [-0.2, -0.15) is 0 Å². The van der Waals surface area contributed by atoms with E-state index >= 15 is 0 Å². The highest BCUT2D eigenvalue weighted by Gasteiger charge is 2.17. The van der Waals surface area contributed by atoms with Crippen LogP contribution in [0.15, 0.2) is 35.8 Å². The number of methoxy groups -OCH3 is 1. The van der Waals surface area contributed by atoms with Crippen molar-refractivity contribution in [1.82, 2.24) is 9.88 Å². The number of nitrogens with zero attached hydrogens (tertiary/aromatic N) is 3. The molecule has 2 aromatic rings. The van der Waals surface area contributed by atoms with E-state index in [-0.39, 0.29) is 0 Å². The molecule has 0 aliphatic carbocycles. The van der Waals surface area contributed by atoms with Gasteiger partial charge in [-0.25, -0.2) is 4.98 Å². The zero-order valence-corrected chi connectivity index (χ0v) is 13.5. The number of anilines is 1. The highest BCUT2D eigenvalue weighted by Crippen LogP contribution is 2.18. The van der Waals surface area contributed by atoms with Gasteiger partial charge in [-0.15, -0.1) is 11.3 Å². The Morgan fingerprint density at radius 1 is 1.18 bits per heavy atom. The fraction of sp³-hybridized carbons (Fsp3) is 0.353. The second kappa shape index (κ2) is 7.30. The minimum atomic E-state index is 0.817. The summed E-state index contributed by atoms with van der Waals surface area (Å²) in [7, 11) is 1.67. The Kier molecular flexibility index (Phi) is 4.94. The minimum absolute atomic E-state index is 0.817. The number of benzene rings is 1. The molecule has 1 aromatic heterocycles. The number of aromatic nitrogens is 1. The topological polar surface area (TPSA) is 28.6 Å². The van der Waals surface area contributed by atoms with Crippen LogP contribution in [-0.4, -0.2) is 49.7 Å². The zero-order chi connectivity index (χ0) is 15.2. The van der Waals surface area contributed by atoms with Gasteiger partial charge in [0, 0.05) is 43.3 Å². The van der Waals surface area contributed by atoms with Crippen molar-refractivity contribution < 1.29 is 4.74 Å². The summed E-state index contributed by atoms with van der Waals surface area (Å²) in [6, 6.07) is 7.87. The molecule has 0 N–H and O–H groups in total. The van der Waals surface area contributed by atoms with Gasteiger partial charge in [-0.1, -0.05) is 11.8 Å². The van der Waals surface area contributed by atoms with Crippen molar-refractivity contribution in [1.29, 1.82) is 0 Å². The molecule has 5 heteroatoms. The van der Waals surface area contributed by atoms with Gasteiger partial charge in [-0.3, -0.25) is 4.90 Å². The summed E-state index contributed by atoms with van der Waals surface area (Å²) >= 11 is 1.71. The van der Waals surface area contributed by atoms with Gasteiger partial charge in [0.05, 0.1) is 13.7 Å². The molecule has 3 rings (SSSR count). The third-order valence-corrected chi connectivity index (χ3v) is 4.52. The highest BCUT2D eigenvalue weighted by molar-refractivity contribution is 7.13. The van der Waals surface area contributed by atoms with E-state index in [0.29, 0.717) is 0 Å². The molecule has 114 valence electrons. The number of piperazine rings is 1. The molecule has 1 fully saturated rings. The summed E-state index contributed by atoms with van der Waals surface area (Å²) in [6.07, 6.45) is 1.87. The minimum Gasteiger partial charge on any atom is -0.497 e. The van der Waals surface area contributed by atoms with Crippen LogP contribution in [-0.2, 0) is 0 Å². The van der Waals surface area contributed by atoms with Gasteiger partial charge < -0.3 is 9.64 Å². The molecule has 1 aliphatic rings. The van der Waals surface area contributed by atoms with E-state index in [4.69, 9.17) is 4.74 Å². The Morgan fingerprint density at radius 2 is 1.95 bits per heavy atom. The second-order valence-corrected chi connectivity index (χ2v) is 5.98. The molecular weight excluding hydrogens is 294 g/mol. The summed E-state index contributed by atoms with van der Waals surface area (Å²) in [4.78, 5) is 9.10. The number of rotatable bonds is 3. The van der Waals surface area contributed by atoms with E-state index in [0.717, 1.165) is 49.2 Å². The number of hydrogen-bond acceptors (Lipinski definition) is 5. The summed E-state index contributed by atoms with van der Waals surface area (Å²) in [5.74, 6) is 7.34. The molecular formula is C17H19N3OS. The van der Waals surface area contributed by atoms with Crippen molar-refractivity contribution in [3.8, 4) is 17.6 Å². The lowest BCUT2D eigenvalue weighted by molar-refractivity contribution is 0.288. The normalized spacial score (nSPS) is 15.2. The van der Waals surface area contributed by atoms with Crippen molar-refractivity contribution in [2.24, 2.45) is 0 Å². The van der Waals surface area contributed by atoms with E-state index in [9.17, 15) is 0 Å². The number of hydrogen-bond donors (Lipinski definition) is 0. The molecule has 4 nitrogen and oxygen atoms in total. The van der Waals surface area contributed by atoms with Gasteiger partial charge in [0.25, 0.3) is 0 Å². The van der Waals surface area contributed by atoms with Crippen LogP contribution >= 0.6 is 11.3 Å². The number of thiazole rings is 1. The van der Waals surface area contributed by atoms with E-state index < -0.39 is 0 Å². The first-order chi connectivity index (χ1) is 10.8. The lowest BCUT2D eigenvalue weighted by Crippen LogP contribution is -2.46. The summed E-state index contributed by atoms with van der Waals surface area (Å²) in [5, 5.41) is 3.16. The van der Waals surface area contributed by atoms with Crippen molar-refractivity contribution in [3.63, 3.8) is 0 Å². The zero-order valence-electron chi connectivity index (χ0n) is 12.7. The Bertz CT molecular complexity index is 635. The Balaban J connectivity index is 1.48. The molecule has 22 heavy (non-hydrogen) atoms. The maximum atomic E-state index is 5.14. The van der Waals surface area contributed by atoms with Crippen LogP contribution in [0.5, 0.6) is 5.75 Å². The standard InChI is InChI=1S/C17H19N3OS/c1-21-16-6-4-15(5-7-16)3-2-9-19-10-12-20(13-11-19)17-18-8-14-22-17/h4-8,14H,9-13H2,1H3. The average Bonchev–Trinajstić information content (AvgIpc) is 3.11. The molecule has 0 atom stereocenters. The maximum absolute atomic E-state index is 5.14. The summed E-state index contributed by atoms with van der Waals surface area (Å²) in [6.45, 7) is 4.95. The third-order valence-electron chi connectivity index (χ3n) is 3.69. The Morgan fingerprint density at radius 3 is 2.59 bits per heavy atom. The first-order valence-corrected chi connectivity index (χ1v) is 8.23. The fourth-order valence-electron chi connectivity index (χ4n) is 2.40. The average molecular weight is 313 g/mol. The third kappa shape index (κ3) is 3.79. The fourth-order valence-corrected chi connectivity index (χ4v) is 3.09. The molecule has 0 bridgehead atoms. The molecule has 0 unspecified atom stereocenters. The maximum Gasteiger partial charge on any atom is 0.185 e. The number of ether oxygens (including phenoxy) is 1. The predicted octanol–water partition coefficient (Wildman–Crippen LogP) is 2.33. The SMILES string of the molecule is COc1ccc(C#CCN2CCN(c3nccs3)CC2)cc1. The van der Waals surface area contributed by atoms with Crippen molar-refractivity contribution in [3.05, 3.63) is 41.4 Å². The predicted molar refractivity (Wildman–Crippen MR) is 90.6 cm³/mol. The molecule has 2 heterocycles. The van der Waals surface area contributed by atoms with Gasteiger partial charge >= 0.3 is 0 Å². The van der Waals surface area contributed by atoms with Crippen LogP contribution in [0.2, 0.25) is 0 Å². The van der Waals surface area contributed by atoms with Gasteiger partial charge in [0.15, 0.2) is 5.13 Å². The monoisotopic (exact) mass is 313 g/mol. The van der Waals surface area contributed by atoms with Crippen LogP contribution < -0.4 is 9.64 Å². The molecule has 0 amide bonds. The first-order valence-electron chi connectivity index (χ1n) is 7.35. The van der Waals surface area contributed by atoms with Gasteiger partial charge in [0.2, 0.25) is 0 Å². The van der Waals surface area contributed by atoms with E-state index in [1.54, 1.807) is 18.4 Å². The molecule has 1 aliphatic heterocycles. The van der Waals surface area contributed by atoms with Crippen molar-refractivity contribution in [2.75, 3.05) is 44.7 Å². The summed E-state index contributed by atoms with van der Waals surface area (Å²) < 4.78 is 5.14. The van der Waals surface area contributed by atoms with Crippen LogP contribution in [0.3, 0.4) is 0 Å². The molecule has 1 aromatic carbocycles. The first kappa shape index (κ1) is 14.9. The van der Waals surface area contributed by atoms with Crippen LogP contribution in [0, 0.1) is 11.8 Å². The van der Waals surface area contributed by atoms with Crippen LogP contribution in [0.1, 0.15) is 5.56 Å². The smallest absolute Gasteiger partial charge is 0.185 e. The molecule has 1 saturated heterocycles. The van der Waals surface area contributed by atoms with Crippen molar-refractivity contribution in [2.45, 2.75) is 0 Å². The van der Waals surface area contributed by atoms with E-state index in [1.807, 2.05) is 35.8 Å². The lowest BCUT2D eigenvalue weighted by Gasteiger charge is -2.33. The van der Waals surface area contributed by atoms with Gasteiger partial charge in [-0.05, 0) is 24.3 Å². The molecule has 0 radical (unpaired) electrons.